The highest BCUT2D eigenvalue weighted by atomic mass is 32.2. The number of nitrogens with two attached hydrogens (primary N) is 1. The Morgan fingerprint density at radius 3 is 1.90 bits per heavy atom. The molecule has 0 fully saturated rings. The number of nitrogen functional groups attached to an aromatic ring is 1. The van der Waals surface area contributed by atoms with E-state index in [-0.39, 0.29) is 18.7 Å². The highest BCUT2D eigenvalue weighted by Gasteiger charge is 2.40. The summed E-state index contributed by atoms with van der Waals surface area (Å²) in [6, 6.07) is 2.03. The maximum Gasteiger partial charge on any atom is 0.326 e. The lowest BCUT2D eigenvalue weighted by atomic mass is 9.74. The van der Waals surface area contributed by atoms with Gasteiger partial charge in [-0.05, 0) is 76.6 Å². The van der Waals surface area contributed by atoms with Crippen molar-refractivity contribution in [2.45, 2.75) is 90.8 Å². The Kier molecular flexibility index (Phi) is 17.0. The first kappa shape index (κ1) is 44.2. The third-order valence-electron chi connectivity index (χ3n) is 7.91. The molecule has 0 aliphatic heterocycles. The van der Waals surface area contributed by atoms with Gasteiger partial charge in [-0.25, -0.2) is 4.79 Å². The molecule has 5 amide bonds. The summed E-state index contributed by atoms with van der Waals surface area (Å²) in [5.41, 5.74) is 3.83. The molecule has 286 valence electrons. The average Bonchev–Trinajstić information content (AvgIpc) is 3.02. The number of unbranched alkanes of at least 4 members (excludes halogenated alkanes) is 1. The van der Waals surface area contributed by atoms with Gasteiger partial charge in [0.15, 0.2) is 0 Å². The smallest absolute Gasteiger partial charge is 0.326 e. The molecule has 0 aliphatic carbocycles. The van der Waals surface area contributed by atoms with Gasteiger partial charge < -0.3 is 42.5 Å². The van der Waals surface area contributed by atoms with Crippen LogP contribution in [0.15, 0.2) is 24.3 Å². The summed E-state index contributed by atoms with van der Waals surface area (Å²) in [5.74, 6) is -7.18. The van der Waals surface area contributed by atoms with Crippen LogP contribution in [-0.4, -0.2) is 102 Å². The summed E-state index contributed by atoms with van der Waals surface area (Å²) < 4.78 is 32.1. The molecule has 0 heterocycles. The Bertz CT molecular complexity index is 1530. The van der Waals surface area contributed by atoms with Crippen LogP contribution in [0.4, 0.5) is 5.69 Å². The molecule has 0 bridgehead atoms. The van der Waals surface area contributed by atoms with Crippen molar-refractivity contribution in [3.63, 3.8) is 0 Å². The minimum atomic E-state index is -4.61. The number of carbonyl (C=O) groups excluding carboxylic acids is 5. The van der Waals surface area contributed by atoms with Crippen LogP contribution in [-0.2, 0) is 38.9 Å². The van der Waals surface area contributed by atoms with Gasteiger partial charge in [-0.1, -0.05) is 13.8 Å². The van der Waals surface area contributed by atoms with Crippen molar-refractivity contribution < 1.29 is 56.7 Å². The molecule has 0 saturated heterocycles. The number of carboxylic acid groups (broad SMARTS) is 2. The molecule has 1 aromatic carbocycles. The predicted octanol–water partition coefficient (Wildman–Crippen LogP) is 0.0391. The fraction of sp³-hybridized carbons (Fsp3) is 0.594. The van der Waals surface area contributed by atoms with Gasteiger partial charge in [-0.15, -0.1) is 0 Å². The Morgan fingerprint density at radius 2 is 1.37 bits per heavy atom. The number of carboxylic acids is 2. The molecule has 1 aromatic rings. The zero-order valence-electron chi connectivity index (χ0n) is 29.4. The van der Waals surface area contributed by atoms with E-state index in [0.29, 0.717) is 30.6 Å². The van der Waals surface area contributed by atoms with E-state index in [0.717, 1.165) is 0 Å². The number of carbonyl (C=O) groups is 7. The third-order valence-corrected chi connectivity index (χ3v) is 8.67. The minimum absolute atomic E-state index is 0.182. The van der Waals surface area contributed by atoms with Gasteiger partial charge in [0, 0.05) is 36.7 Å². The first-order valence-corrected chi connectivity index (χ1v) is 17.8. The standard InChI is InChI=1S/C32H50N6O12S/c1-31(2,18-32(3,4)30(46)47)29(45)38-22(15-17-51(48,49)50)27(42)37-23(28(43)44)13-14-24(39)36-21(26(41)34-5)8-6-7-16-35-25(40)19-9-11-20(33)12-10-19/h9-12,21-23H,6-8,13-18,33H2,1-5H3,(H,34,41)(H,35,40)(H,36,39)(H,37,42)(H,38,45)(H,43,44)(H,46,47)(H,48,49,50)/t21-,22?,23?/m0/s1. The topological polar surface area (TPSA) is 300 Å². The van der Waals surface area contributed by atoms with Crippen LogP contribution < -0.4 is 32.3 Å². The lowest BCUT2D eigenvalue weighted by molar-refractivity contribution is -0.150. The van der Waals surface area contributed by atoms with Crippen molar-refractivity contribution in [3.05, 3.63) is 29.8 Å². The lowest BCUT2D eigenvalue weighted by Gasteiger charge is -2.32. The second kappa shape index (κ2) is 19.6. The molecular formula is C32H50N6O12S. The number of likely N-dealkylation sites (N-methyl/N-ethyl adjacent to an activating group) is 1. The number of benzene rings is 1. The minimum Gasteiger partial charge on any atom is -0.481 e. The van der Waals surface area contributed by atoms with Crippen molar-refractivity contribution in [3.8, 4) is 0 Å². The number of amides is 5. The number of hydrogen-bond acceptors (Lipinski definition) is 10. The van der Waals surface area contributed by atoms with E-state index < -0.39 is 99.7 Å². The Labute approximate surface area is 296 Å². The number of anilines is 1. The maximum absolute atomic E-state index is 13.1. The van der Waals surface area contributed by atoms with E-state index in [2.05, 4.69) is 26.6 Å². The zero-order chi connectivity index (χ0) is 39.2. The van der Waals surface area contributed by atoms with Crippen LogP contribution in [0.1, 0.15) is 83.0 Å². The van der Waals surface area contributed by atoms with E-state index >= 15 is 0 Å². The number of aliphatic carboxylic acids is 2. The Balaban J connectivity index is 2.85. The second-order valence-electron chi connectivity index (χ2n) is 13.4. The van der Waals surface area contributed by atoms with Gasteiger partial charge in [0.2, 0.25) is 23.6 Å². The summed E-state index contributed by atoms with van der Waals surface area (Å²) >= 11 is 0. The van der Waals surface area contributed by atoms with Crippen molar-refractivity contribution in [1.29, 1.82) is 0 Å². The van der Waals surface area contributed by atoms with Crippen LogP contribution in [0.25, 0.3) is 0 Å². The monoisotopic (exact) mass is 742 g/mol. The largest absolute Gasteiger partial charge is 0.481 e. The summed E-state index contributed by atoms with van der Waals surface area (Å²) in [7, 11) is -3.24. The van der Waals surface area contributed by atoms with Crippen LogP contribution in [0.2, 0.25) is 0 Å². The van der Waals surface area contributed by atoms with Gasteiger partial charge in [-0.2, -0.15) is 8.42 Å². The van der Waals surface area contributed by atoms with Crippen LogP contribution in [0.3, 0.4) is 0 Å². The molecule has 2 unspecified atom stereocenters. The molecule has 18 nitrogen and oxygen atoms in total. The van der Waals surface area contributed by atoms with Gasteiger partial charge in [0.1, 0.15) is 18.1 Å². The first-order valence-electron chi connectivity index (χ1n) is 16.2. The van der Waals surface area contributed by atoms with E-state index in [1.165, 1.54) is 34.7 Å². The van der Waals surface area contributed by atoms with Gasteiger partial charge in [0.05, 0.1) is 11.2 Å². The van der Waals surface area contributed by atoms with Gasteiger partial charge >= 0.3 is 11.9 Å². The van der Waals surface area contributed by atoms with E-state index in [1.54, 1.807) is 24.3 Å². The van der Waals surface area contributed by atoms with Crippen LogP contribution in [0.5, 0.6) is 0 Å². The summed E-state index contributed by atoms with van der Waals surface area (Å²) in [6.45, 7) is 5.90. The SMILES string of the molecule is CNC(=O)[C@H](CCCCNC(=O)c1ccc(N)cc1)NC(=O)CCC(NC(=O)C(CCS(=O)(=O)O)NC(=O)C(C)(C)CC(C)(C)C(=O)O)C(=O)O. The molecule has 51 heavy (non-hydrogen) atoms. The molecule has 19 heteroatoms. The molecule has 0 radical (unpaired) electrons. The molecule has 0 aromatic heterocycles. The third kappa shape index (κ3) is 16.2. The second-order valence-corrected chi connectivity index (χ2v) is 15.0. The van der Waals surface area contributed by atoms with Gasteiger partial charge in [0.25, 0.3) is 16.0 Å². The highest BCUT2D eigenvalue weighted by Crippen LogP contribution is 2.34. The Morgan fingerprint density at radius 1 is 0.784 bits per heavy atom. The quantitative estimate of drug-likeness (QED) is 0.0431. The van der Waals surface area contributed by atoms with Crippen molar-refractivity contribution in [2.24, 2.45) is 10.8 Å². The molecular weight excluding hydrogens is 692 g/mol. The molecule has 0 saturated carbocycles. The van der Waals surface area contributed by atoms with E-state index in [4.69, 9.17) is 5.73 Å². The summed E-state index contributed by atoms with van der Waals surface area (Å²) in [6.07, 6.45) is -0.656. The molecule has 3 atom stereocenters. The van der Waals surface area contributed by atoms with Crippen molar-refractivity contribution in [1.82, 2.24) is 26.6 Å². The number of rotatable bonds is 22. The highest BCUT2D eigenvalue weighted by molar-refractivity contribution is 7.85. The maximum atomic E-state index is 13.1. The zero-order valence-corrected chi connectivity index (χ0v) is 30.2. The fourth-order valence-corrected chi connectivity index (χ4v) is 5.61. The van der Waals surface area contributed by atoms with Crippen LogP contribution in [0, 0.1) is 10.8 Å². The van der Waals surface area contributed by atoms with Crippen molar-refractivity contribution in [2.75, 3.05) is 25.1 Å². The number of hydrogen-bond donors (Lipinski definition) is 9. The Hall–Kier alpha value is -4.78. The lowest BCUT2D eigenvalue weighted by Crippen LogP contribution is -2.55. The van der Waals surface area contributed by atoms with E-state index in [9.17, 15) is 56.7 Å². The summed E-state index contributed by atoms with van der Waals surface area (Å²) in [4.78, 5) is 87.3. The predicted molar refractivity (Wildman–Crippen MR) is 185 cm³/mol. The van der Waals surface area contributed by atoms with Gasteiger partial charge in [-0.3, -0.25) is 33.3 Å². The van der Waals surface area contributed by atoms with E-state index in [1.807, 2.05) is 0 Å². The fourth-order valence-electron chi connectivity index (χ4n) is 5.08. The average molecular weight is 743 g/mol. The molecule has 1 rings (SSSR count). The molecule has 0 aliphatic rings. The normalized spacial score (nSPS) is 13.5. The van der Waals surface area contributed by atoms with Crippen molar-refractivity contribution >= 4 is 57.3 Å². The molecule has 0 spiro atoms. The first-order chi connectivity index (χ1) is 23.5. The molecule has 10 N–H and O–H groups in total. The number of nitrogens with one attached hydrogen (secondary N) is 5. The van der Waals surface area contributed by atoms with Crippen LogP contribution >= 0.6 is 0 Å². The summed E-state index contributed by atoms with van der Waals surface area (Å²) in [5, 5.41) is 31.4.